The van der Waals surface area contributed by atoms with Crippen molar-refractivity contribution in [3.05, 3.63) is 23.8 Å². The average Bonchev–Trinajstić information content (AvgIpc) is 2.75. The Morgan fingerprint density at radius 1 is 1.00 bits per heavy atom. The van der Waals surface area contributed by atoms with Crippen molar-refractivity contribution in [3.63, 3.8) is 0 Å². The third-order valence-corrected chi connectivity index (χ3v) is 2.21. The van der Waals surface area contributed by atoms with Gasteiger partial charge in [-0.3, -0.25) is 0 Å². The Bertz CT molecular complexity index is 475. The van der Waals surface area contributed by atoms with Gasteiger partial charge in [0.2, 0.25) is 5.11 Å². The summed E-state index contributed by atoms with van der Waals surface area (Å²) in [4.78, 5) is 4.01. The lowest BCUT2D eigenvalue weighted by Crippen LogP contribution is -1.97. The summed E-state index contributed by atoms with van der Waals surface area (Å²) in [5.41, 5.74) is 0.764. The average molecular weight is 235 g/mol. The topological polar surface area (TPSA) is 55.5 Å². The number of ether oxygens (including phenoxy) is 2. The highest BCUT2D eigenvalue weighted by Crippen LogP contribution is 2.24. The van der Waals surface area contributed by atoms with Crippen LogP contribution in [0.25, 0.3) is 0 Å². The Morgan fingerprint density at radius 2 is 1.62 bits per heavy atom. The highest BCUT2D eigenvalue weighted by atomic mass is 32.1. The molecule has 1 aliphatic rings. The van der Waals surface area contributed by atoms with E-state index in [-0.39, 0.29) is 5.11 Å². The van der Waals surface area contributed by atoms with Crippen molar-refractivity contribution in [2.75, 3.05) is 14.2 Å². The fourth-order valence-corrected chi connectivity index (χ4v) is 1.41. The normalized spacial score (nSPS) is 13.9. The largest absolute Gasteiger partial charge is 0.497 e. The Hall–Kier alpha value is -1.82. The van der Waals surface area contributed by atoms with Gasteiger partial charge in [0.05, 0.1) is 14.2 Å². The van der Waals surface area contributed by atoms with Gasteiger partial charge in [-0.2, -0.15) is 4.99 Å². The molecular weight excluding hydrogens is 226 g/mol. The quantitative estimate of drug-likeness (QED) is 0.755. The molecule has 0 unspecified atom stereocenters. The van der Waals surface area contributed by atoms with Crippen LogP contribution in [-0.4, -0.2) is 25.2 Å². The van der Waals surface area contributed by atoms with Crippen LogP contribution >= 0.6 is 12.2 Å². The molecule has 1 aliphatic heterocycles. The van der Waals surface area contributed by atoms with E-state index < -0.39 is 0 Å². The summed E-state index contributed by atoms with van der Waals surface area (Å²) >= 11 is 4.81. The Labute approximate surface area is 97.8 Å². The molecule has 16 heavy (non-hydrogen) atoms. The molecule has 5 nitrogen and oxygen atoms in total. The minimum Gasteiger partial charge on any atom is -0.497 e. The molecule has 0 spiro atoms. The van der Waals surface area contributed by atoms with Gasteiger partial charge in [0, 0.05) is 11.6 Å². The smallest absolute Gasteiger partial charge is 0.242 e. The molecule has 0 atom stereocenters. The van der Waals surface area contributed by atoms with Crippen molar-refractivity contribution in [3.8, 4) is 11.5 Å². The van der Waals surface area contributed by atoms with Crippen molar-refractivity contribution >= 4 is 23.2 Å². The number of azo groups is 1. The van der Waals surface area contributed by atoms with Gasteiger partial charge in [-0.15, -0.1) is 10.2 Å². The van der Waals surface area contributed by atoms with E-state index in [4.69, 9.17) is 21.7 Å². The third kappa shape index (κ3) is 2.06. The SMILES string of the molecule is COc1cc(OC)cc(C2=NC(=S)N=N2)c1. The van der Waals surface area contributed by atoms with Crippen LogP contribution in [0.5, 0.6) is 11.5 Å². The second-order valence-corrected chi connectivity index (χ2v) is 3.38. The zero-order valence-corrected chi connectivity index (χ0v) is 9.61. The summed E-state index contributed by atoms with van der Waals surface area (Å²) in [6.07, 6.45) is 0. The Balaban J connectivity index is 2.44. The molecule has 0 N–H and O–H groups in total. The number of thiocarbonyl (C=S) groups is 1. The standard InChI is InChI=1S/C10H9N3O2S/c1-14-7-3-6(4-8(5-7)15-2)9-11-10(16)13-12-9/h3-5H,1-2H3. The lowest BCUT2D eigenvalue weighted by molar-refractivity contribution is 0.394. The summed E-state index contributed by atoms with van der Waals surface area (Å²) in [7, 11) is 3.17. The van der Waals surface area contributed by atoms with Gasteiger partial charge in [-0.1, -0.05) is 0 Å². The molecule has 6 heteroatoms. The van der Waals surface area contributed by atoms with E-state index >= 15 is 0 Å². The minimum absolute atomic E-state index is 0.233. The lowest BCUT2D eigenvalue weighted by atomic mass is 10.2. The number of hydrogen-bond acceptors (Lipinski definition) is 4. The van der Waals surface area contributed by atoms with Crippen LogP contribution in [0, 0.1) is 0 Å². The molecule has 0 amide bonds. The van der Waals surface area contributed by atoms with Crippen LogP contribution in [-0.2, 0) is 0 Å². The van der Waals surface area contributed by atoms with Crippen molar-refractivity contribution in [2.45, 2.75) is 0 Å². The zero-order valence-electron chi connectivity index (χ0n) is 8.80. The fraction of sp³-hybridized carbons (Fsp3) is 0.200. The van der Waals surface area contributed by atoms with Crippen LogP contribution in [0.3, 0.4) is 0 Å². The van der Waals surface area contributed by atoms with Gasteiger partial charge in [0.25, 0.3) is 0 Å². The van der Waals surface area contributed by atoms with Gasteiger partial charge in [0.15, 0.2) is 5.84 Å². The molecule has 0 radical (unpaired) electrons. The maximum atomic E-state index is 5.14. The monoisotopic (exact) mass is 235 g/mol. The van der Waals surface area contributed by atoms with E-state index in [1.54, 1.807) is 32.4 Å². The van der Waals surface area contributed by atoms with Gasteiger partial charge < -0.3 is 9.47 Å². The number of hydrogen-bond donors (Lipinski definition) is 0. The molecule has 1 aromatic rings. The molecule has 0 fully saturated rings. The van der Waals surface area contributed by atoms with Gasteiger partial charge in [-0.25, -0.2) is 0 Å². The highest BCUT2D eigenvalue weighted by Gasteiger charge is 2.12. The van der Waals surface area contributed by atoms with Crippen molar-refractivity contribution in [1.29, 1.82) is 0 Å². The second-order valence-electron chi connectivity index (χ2n) is 3.02. The molecule has 0 aliphatic carbocycles. The zero-order chi connectivity index (χ0) is 11.5. The van der Waals surface area contributed by atoms with E-state index in [0.29, 0.717) is 17.3 Å². The predicted octanol–water partition coefficient (Wildman–Crippen LogP) is 2.20. The number of rotatable bonds is 3. The summed E-state index contributed by atoms with van der Waals surface area (Å²) in [5, 5.41) is 7.77. The van der Waals surface area contributed by atoms with Gasteiger partial charge >= 0.3 is 0 Å². The first kappa shape index (κ1) is 10.7. The van der Waals surface area contributed by atoms with Gasteiger partial charge in [-0.05, 0) is 24.4 Å². The molecule has 0 aromatic heterocycles. The van der Waals surface area contributed by atoms with Crippen LogP contribution in [0.4, 0.5) is 0 Å². The Morgan fingerprint density at radius 3 is 2.06 bits per heavy atom. The number of benzene rings is 1. The number of aliphatic imine (C=N–C) groups is 1. The van der Waals surface area contributed by atoms with Crippen molar-refractivity contribution < 1.29 is 9.47 Å². The molecule has 2 rings (SSSR count). The van der Waals surface area contributed by atoms with Crippen LogP contribution in [0.2, 0.25) is 0 Å². The van der Waals surface area contributed by atoms with Crippen LogP contribution in [0.1, 0.15) is 5.56 Å². The highest BCUT2D eigenvalue weighted by molar-refractivity contribution is 7.80. The maximum Gasteiger partial charge on any atom is 0.242 e. The maximum absolute atomic E-state index is 5.14. The molecular formula is C10H9N3O2S. The first-order valence-electron chi connectivity index (χ1n) is 4.51. The van der Waals surface area contributed by atoms with Crippen molar-refractivity contribution in [2.24, 2.45) is 15.2 Å². The molecule has 1 aromatic carbocycles. The molecule has 0 saturated heterocycles. The number of nitrogens with zero attached hydrogens (tertiary/aromatic N) is 3. The Kier molecular flexibility index (Phi) is 2.91. The minimum atomic E-state index is 0.233. The number of amidine groups is 1. The summed E-state index contributed by atoms with van der Waals surface area (Å²) in [6, 6.07) is 5.37. The van der Waals surface area contributed by atoms with Crippen LogP contribution < -0.4 is 9.47 Å². The van der Waals surface area contributed by atoms with E-state index in [9.17, 15) is 0 Å². The summed E-state index contributed by atoms with van der Waals surface area (Å²) < 4.78 is 10.3. The fourth-order valence-electron chi connectivity index (χ4n) is 1.28. The molecule has 0 saturated carbocycles. The molecule has 82 valence electrons. The second kappa shape index (κ2) is 4.36. The van der Waals surface area contributed by atoms with Crippen LogP contribution in [0.15, 0.2) is 33.4 Å². The van der Waals surface area contributed by atoms with E-state index in [2.05, 4.69) is 15.2 Å². The van der Waals surface area contributed by atoms with Gasteiger partial charge in [0.1, 0.15) is 11.5 Å². The molecule has 1 heterocycles. The molecule has 0 bridgehead atoms. The van der Waals surface area contributed by atoms with E-state index in [1.165, 1.54) is 0 Å². The van der Waals surface area contributed by atoms with Crippen molar-refractivity contribution in [1.82, 2.24) is 0 Å². The first-order valence-corrected chi connectivity index (χ1v) is 4.91. The number of methoxy groups -OCH3 is 2. The predicted molar refractivity (Wildman–Crippen MR) is 63.5 cm³/mol. The van der Waals surface area contributed by atoms with E-state index in [1.807, 2.05) is 0 Å². The van der Waals surface area contributed by atoms with E-state index in [0.717, 1.165) is 5.56 Å². The lowest BCUT2D eigenvalue weighted by Gasteiger charge is -2.06. The summed E-state index contributed by atoms with van der Waals surface area (Å²) in [5.74, 6) is 1.82. The first-order chi connectivity index (χ1) is 7.72. The third-order valence-electron chi connectivity index (χ3n) is 2.04. The summed E-state index contributed by atoms with van der Waals surface area (Å²) in [6.45, 7) is 0.